The summed E-state index contributed by atoms with van der Waals surface area (Å²) in [5, 5.41) is 36.9. The second-order valence-electron chi connectivity index (χ2n) is 7.06. The van der Waals surface area contributed by atoms with E-state index in [1.807, 2.05) is 60.7 Å². The third kappa shape index (κ3) is 4.39. The first kappa shape index (κ1) is 21.7. The monoisotopic (exact) mass is 438 g/mol. The second kappa shape index (κ2) is 9.71. The molecule has 34 heavy (non-hydrogen) atoms. The number of benzene rings is 4. The minimum Gasteiger partial charge on any atom is -0.457 e. The summed E-state index contributed by atoms with van der Waals surface area (Å²) in [5.41, 5.74) is 2.51. The van der Waals surface area contributed by atoms with E-state index in [-0.39, 0.29) is 22.3 Å². The molecular formula is C28H14N4O2. The van der Waals surface area contributed by atoms with Gasteiger partial charge < -0.3 is 9.47 Å². The third-order valence-electron chi connectivity index (χ3n) is 4.98. The van der Waals surface area contributed by atoms with Gasteiger partial charge >= 0.3 is 0 Å². The smallest absolute Gasteiger partial charge is 0.135 e. The van der Waals surface area contributed by atoms with Gasteiger partial charge in [0.25, 0.3) is 0 Å². The molecule has 0 spiro atoms. The van der Waals surface area contributed by atoms with E-state index in [0.717, 1.165) is 11.1 Å². The number of hydrogen-bond donors (Lipinski definition) is 0. The Morgan fingerprint density at radius 3 is 1.21 bits per heavy atom. The minimum atomic E-state index is 0.232. The number of nitrogens with zero attached hydrogens (tertiary/aromatic N) is 4. The molecule has 0 bridgehead atoms. The van der Waals surface area contributed by atoms with Crippen LogP contribution in [0.3, 0.4) is 0 Å². The molecule has 0 aromatic heterocycles. The maximum atomic E-state index is 9.31. The Morgan fingerprint density at radius 2 is 0.824 bits per heavy atom. The lowest BCUT2D eigenvalue weighted by molar-refractivity contribution is 0.477. The molecule has 0 unspecified atom stereocenters. The molecule has 0 N–H and O–H groups in total. The summed E-state index contributed by atoms with van der Waals surface area (Å²) >= 11 is 0. The van der Waals surface area contributed by atoms with Crippen LogP contribution in [0.2, 0.25) is 0 Å². The van der Waals surface area contributed by atoms with E-state index in [1.54, 1.807) is 36.4 Å². The predicted molar refractivity (Wildman–Crippen MR) is 124 cm³/mol. The van der Waals surface area contributed by atoms with Crippen LogP contribution in [0.1, 0.15) is 22.3 Å². The summed E-state index contributed by atoms with van der Waals surface area (Å²) < 4.78 is 12.2. The van der Waals surface area contributed by atoms with E-state index in [1.165, 1.54) is 12.1 Å². The van der Waals surface area contributed by atoms with Gasteiger partial charge in [0.05, 0.1) is 22.3 Å². The van der Waals surface area contributed by atoms with Crippen molar-refractivity contribution in [3.8, 4) is 58.4 Å². The molecule has 0 aliphatic rings. The Labute approximate surface area is 196 Å². The van der Waals surface area contributed by atoms with Crippen LogP contribution in [0.25, 0.3) is 11.1 Å². The third-order valence-corrected chi connectivity index (χ3v) is 4.98. The zero-order valence-corrected chi connectivity index (χ0v) is 17.7. The van der Waals surface area contributed by atoms with Crippen molar-refractivity contribution < 1.29 is 9.47 Å². The number of rotatable bonds is 5. The van der Waals surface area contributed by atoms with Gasteiger partial charge in [-0.1, -0.05) is 36.4 Å². The molecule has 0 aliphatic heterocycles. The van der Waals surface area contributed by atoms with E-state index in [0.29, 0.717) is 23.0 Å². The highest BCUT2D eigenvalue weighted by Gasteiger charge is 2.14. The topological polar surface area (TPSA) is 114 Å². The Balaban J connectivity index is 1.72. The zero-order valence-electron chi connectivity index (χ0n) is 17.7. The van der Waals surface area contributed by atoms with Gasteiger partial charge in [-0.2, -0.15) is 21.0 Å². The van der Waals surface area contributed by atoms with Crippen molar-refractivity contribution in [3.05, 3.63) is 107 Å². The van der Waals surface area contributed by atoms with E-state index >= 15 is 0 Å². The summed E-state index contributed by atoms with van der Waals surface area (Å²) in [6.07, 6.45) is 0. The first-order valence-corrected chi connectivity index (χ1v) is 10.1. The molecule has 4 aromatic carbocycles. The molecule has 0 aliphatic carbocycles. The van der Waals surface area contributed by atoms with Crippen LogP contribution in [0.15, 0.2) is 84.9 Å². The van der Waals surface area contributed by atoms with Gasteiger partial charge in [-0.25, -0.2) is 0 Å². The SMILES string of the molecule is N#Cc1ccc(Oc2ccccc2-c2ccccc2Oc2ccc(C#N)c(C#N)c2)cc1C#N. The van der Waals surface area contributed by atoms with Crippen molar-refractivity contribution >= 4 is 0 Å². The van der Waals surface area contributed by atoms with Crippen LogP contribution in [0, 0.1) is 45.3 Å². The number of para-hydroxylation sites is 2. The highest BCUT2D eigenvalue weighted by Crippen LogP contribution is 2.40. The van der Waals surface area contributed by atoms with Crippen LogP contribution < -0.4 is 9.47 Å². The lowest BCUT2D eigenvalue weighted by Gasteiger charge is -2.15. The van der Waals surface area contributed by atoms with Crippen LogP contribution >= 0.6 is 0 Å². The summed E-state index contributed by atoms with van der Waals surface area (Å²) in [6.45, 7) is 0. The van der Waals surface area contributed by atoms with Crippen molar-refractivity contribution in [2.75, 3.05) is 0 Å². The van der Waals surface area contributed by atoms with Gasteiger partial charge in [0, 0.05) is 11.1 Å². The Hall–Kier alpha value is -5.56. The van der Waals surface area contributed by atoms with Crippen molar-refractivity contribution in [3.63, 3.8) is 0 Å². The molecule has 0 radical (unpaired) electrons. The van der Waals surface area contributed by atoms with E-state index < -0.39 is 0 Å². The fourth-order valence-electron chi connectivity index (χ4n) is 3.36. The molecule has 4 rings (SSSR count). The van der Waals surface area contributed by atoms with Crippen molar-refractivity contribution in [2.24, 2.45) is 0 Å². The van der Waals surface area contributed by atoms with Crippen molar-refractivity contribution in [1.82, 2.24) is 0 Å². The van der Waals surface area contributed by atoms with Crippen LogP contribution in [0.5, 0.6) is 23.0 Å². The number of ether oxygens (including phenoxy) is 2. The summed E-state index contributed by atoms with van der Waals surface area (Å²) in [7, 11) is 0. The van der Waals surface area contributed by atoms with Crippen molar-refractivity contribution in [1.29, 1.82) is 21.0 Å². The summed E-state index contributed by atoms with van der Waals surface area (Å²) in [4.78, 5) is 0. The average molecular weight is 438 g/mol. The van der Waals surface area contributed by atoms with Crippen LogP contribution in [-0.2, 0) is 0 Å². The van der Waals surface area contributed by atoms with Crippen LogP contribution in [0.4, 0.5) is 0 Å². The van der Waals surface area contributed by atoms with E-state index in [9.17, 15) is 10.5 Å². The highest BCUT2D eigenvalue weighted by atomic mass is 16.5. The Kier molecular flexibility index (Phi) is 6.19. The molecule has 0 saturated carbocycles. The van der Waals surface area contributed by atoms with Gasteiger partial charge in [0.1, 0.15) is 47.3 Å². The highest BCUT2D eigenvalue weighted by molar-refractivity contribution is 5.76. The first-order valence-electron chi connectivity index (χ1n) is 10.1. The molecule has 0 amide bonds. The summed E-state index contributed by atoms with van der Waals surface area (Å²) in [6, 6.07) is 32.2. The standard InChI is InChI=1S/C28H14N4O2/c29-15-19-9-11-23(13-21(19)17-31)33-27-7-3-1-5-25(27)26-6-2-4-8-28(26)34-24-12-10-20(16-30)22(14-24)18-32/h1-14H. The Morgan fingerprint density at radius 1 is 0.441 bits per heavy atom. The fourth-order valence-corrected chi connectivity index (χ4v) is 3.36. The largest absolute Gasteiger partial charge is 0.457 e. The maximum absolute atomic E-state index is 9.31. The van der Waals surface area contributed by atoms with Gasteiger partial charge in [-0.05, 0) is 48.5 Å². The van der Waals surface area contributed by atoms with Gasteiger partial charge in [-0.15, -0.1) is 0 Å². The van der Waals surface area contributed by atoms with Gasteiger partial charge in [0.15, 0.2) is 0 Å². The molecule has 4 aromatic rings. The summed E-state index contributed by atoms with van der Waals surface area (Å²) in [5.74, 6) is 1.91. The minimum absolute atomic E-state index is 0.232. The lowest BCUT2D eigenvalue weighted by Crippen LogP contribution is -1.93. The average Bonchev–Trinajstić information content (AvgIpc) is 2.89. The molecule has 0 atom stereocenters. The molecular weight excluding hydrogens is 424 g/mol. The number of nitriles is 4. The van der Waals surface area contributed by atoms with E-state index in [4.69, 9.17) is 20.0 Å². The molecule has 158 valence electrons. The normalized spacial score (nSPS) is 9.65. The molecule has 0 saturated heterocycles. The molecule has 0 fully saturated rings. The fraction of sp³-hybridized carbons (Fsp3) is 0. The van der Waals surface area contributed by atoms with Gasteiger partial charge in [-0.3, -0.25) is 0 Å². The quantitative estimate of drug-likeness (QED) is 0.355. The predicted octanol–water partition coefficient (Wildman–Crippen LogP) is 6.42. The number of hydrogen-bond acceptors (Lipinski definition) is 6. The molecule has 6 heteroatoms. The second-order valence-corrected chi connectivity index (χ2v) is 7.06. The molecule has 0 heterocycles. The van der Waals surface area contributed by atoms with Crippen LogP contribution in [-0.4, -0.2) is 0 Å². The Bertz CT molecular complexity index is 1440. The van der Waals surface area contributed by atoms with Gasteiger partial charge in [0.2, 0.25) is 0 Å². The molecule has 6 nitrogen and oxygen atoms in total. The maximum Gasteiger partial charge on any atom is 0.135 e. The zero-order chi connectivity index (χ0) is 23.9. The van der Waals surface area contributed by atoms with E-state index in [2.05, 4.69) is 0 Å². The lowest BCUT2D eigenvalue weighted by atomic mass is 10.0. The van der Waals surface area contributed by atoms with Crippen molar-refractivity contribution in [2.45, 2.75) is 0 Å². The first-order chi connectivity index (χ1) is 16.7.